The zero-order valence-corrected chi connectivity index (χ0v) is 13.3. The van der Waals surface area contributed by atoms with E-state index in [4.69, 9.17) is 15.4 Å². The number of hydrogen-bond acceptors (Lipinski definition) is 5. The minimum Gasteiger partial charge on any atom is -0.444 e. The number of carbonyl (C=O) groups excluding carboxylic acids is 1. The fraction of sp³-hybridized carbons (Fsp3) is 0.545. The van der Waals surface area contributed by atoms with Crippen molar-refractivity contribution in [3.05, 3.63) is 17.0 Å². The highest BCUT2D eigenvalue weighted by Crippen LogP contribution is 2.24. The van der Waals surface area contributed by atoms with E-state index in [9.17, 15) is 13.2 Å². The first-order valence-corrected chi connectivity index (χ1v) is 8.71. The monoisotopic (exact) mass is 325 g/mol. The van der Waals surface area contributed by atoms with Gasteiger partial charge in [0.05, 0.1) is 0 Å². The van der Waals surface area contributed by atoms with Crippen LogP contribution in [0.25, 0.3) is 0 Å². The maximum atomic E-state index is 11.4. The van der Waals surface area contributed by atoms with Crippen molar-refractivity contribution in [2.75, 3.05) is 6.54 Å². The third kappa shape index (κ3) is 6.26. The zero-order valence-electron chi connectivity index (χ0n) is 10.9. The van der Waals surface area contributed by atoms with Gasteiger partial charge in [0.1, 0.15) is 9.81 Å². The van der Waals surface area contributed by atoms with Crippen LogP contribution in [0.15, 0.2) is 16.3 Å². The molecule has 0 atom stereocenters. The Bertz CT molecular complexity index is 545. The van der Waals surface area contributed by atoms with Gasteiger partial charge in [-0.25, -0.2) is 13.2 Å². The number of alkyl carbamates (subject to hydrolysis) is 1. The highest BCUT2D eigenvalue weighted by Gasteiger charge is 2.16. The SMILES string of the molecule is CC(C)(C)OC(=O)NCCc1ccc(S(=O)(=O)Cl)s1. The zero-order chi connectivity index (χ0) is 14.7. The summed E-state index contributed by atoms with van der Waals surface area (Å²) in [5.41, 5.74) is -0.535. The van der Waals surface area contributed by atoms with E-state index in [1.807, 2.05) is 0 Å². The molecular weight excluding hydrogens is 310 g/mol. The van der Waals surface area contributed by atoms with Gasteiger partial charge in [-0.2, -0.15) is 0 Å². The largest absolute Gasteiger partial charge is 0.444 e. The van der Waals surface area contributed by atoms with Gasteiger partial charge in [-0.1, -0.05) is 0 Å². The Kier molecular flexibility index (Phi) is 5.23. The van der Waals surface area contributed by atoms with Crippen molar-refractivity contribution in [2.24, 2.45) is 0 Å². The number of hydrogen-bond donors (Lipinski definition) is 1. The van der Waals surface area contributed by atoms with Gasteiger partial charge in [-0.3, -0.25) is 0 Å². The van der Waals surface area contributed by atoms with Crippen molar-refractivity contribution in [1.29, 1.82) is 0 Å². The predicted molar refractivity (Wildman–Crippen MR) is 75.3 cm³/mol. The molecule has 19 heavy (non-hydrogen) atoms. The van der Waals surface area contributed by atoms with Crippen molar-refractivity contribution in [3.8, 4) is 0 Å². The predicted octanol–water partition coefficient (Wildman–Crippen LogP) is 2.74. The standard InChI is InChI=1S/C11H16ClNO4S2/c1-11(2,3)17-10(14)13-7-6-8-4-5-9(18-8)19(12,15)16/h4-5H,6-7H2,1-3H3,(H,13,14). The minimum absolute atomic E-state index is 0.112. The van der Waals surface area contributed by atoms with E-state index in [0.29, 0.717) is 13.0 Å². The van der Waals surface area contributed by atoms with Gasteiger partial charge in [0.2, 0.25) is 0 Å². The Labute approximate surface area is 121 Å². The Balaban J connectivity index is 2.42. The van der Waals surface area contributed by atoms with Gasteiger partial charge in [-0.15, -0.1) is 11.3 Å². The van der Waals surface area contributed by atoms with Crippen LogP contribution in [0.4, 0.5) is 4.79 Å². The summed E-state index contributed by atoms with van der Waals surface area (Å²) in [6, 6.07) is 3.13. The van der Waals surface area contributed by atoms with E-state index < -0.39 is 20.7 Å². The molecule has 1 aromatic rings. The van der Waals surface area contributed by atoms with Crippen LogP contribution in [0.2, 0.25) is 0 Å². The second kappa shape index (κ2) is 6.11. The molecule has 0 unspecified atom stereocenters. The van der Waals surface area contributed by atoms with Crippen LogP contribution in [0, 0.1) is 0 Å². The van der Waals surface area contributed by atoms with Crippen molar-refractivity contribution < 1.29 is 17.9 Å². The minimum atomic E-state index is -3.67. The summed E-state index contributed by atoms with van der Waals surface area (Å²) in [6.45, 7) is 5.72. The van der Waals surface area contributed by atoms with Gasteiger partial charge < -0.3 is 10.1 Å². The van der Waals surface area contributed by atoms with Crippen LogP contribution >= 0.6 is 22.0 Å². The summed E-state index contributed by atoms with van der Waals surface area (Å²) in [5, 5.41) is 2.60. The molecule has 108 valence electrons. The molecule has 0 fully saturated rings. The summed E-state index contributed by atoms with van der Waals surface area (Å²) in [4.78, 5) is 12.2. The molecule has 1 aromatic heterocycles. The van der Waals surface area contributed by atoms with E-state index in [1.54, 1.807) is 26.8 Å². The molecule has 0 saturated carbocycles. The Hall–Kier alpha value is -0.790. The summed E-state index contributed by atoms with van der Waals surface area (Å²) in [5.74, 6) is 0. The second-order valence-corrected chi connectivity index (χ2v) is 8.80. The van der Waals surface area contributed by atoms with Crippen LogP contribution in [-0.4, -0.2) is 26.7 Å². The first-order chi connectivity index (χ1) is 8.58. The Morgan fingerprint density at radius 2 is 2.05 bits per heavy atom. The fourth-order valence-corrected chi connectivity index (χ4v) is 3.35. The van der Waals surface area contributed by atoms with E-state index in [-0.39, 0.29) is 4.21 Å². The number of thiophene rings is 1. The van der Waals surface area contributed by atoms with Gasteiger partial charge in [0.25, 0.3) is 9.05 Å². The smallest absolute Gasteiger partial charge is 0.407 e. The van der Waals surface area contributed by atoms with E-state index in [0.717, 1.165) is 16.2 Å². The summed E-state index contributed by atoms with van der Waals surface area (Å²) < 4.78 is 27.3. The van der Waals surface area contributed by atoms with Gasteiger partial charge in [0.15, 0.2) is 0 Å². The molecule has 5 nitrogen and oxygen atoms in total. The fourth-order valence-electron chi connectivity index (χ4n) is 1.23. The molecule has 0 saturated heterocycles. The molecule has 0 spiro atoms. The Morgan fingerprint density at radius 3 is 2.53 bits per heavy atom. The van der Waals surface area contributed by atoms with Crippen molar-refractivity contribution in [3.63, 3.8) is 0 Å². The first-order valence-electron chi connectivity index (χ1n) is 5.58. The van der Waals surface area contributed by atoms with Crippen LogP contribution in [0.1, 0.15) is 25.6 Å². The average molecular weight is 326 g/mol. The summed E-state index contributed by atoms with van der Waals surface area (Å²) in [7, 11) is 1.55. The maximum absolute atomic E-state index is 11.4. The highest BCUT2D eigenvalue weighted by atomic mass is 35.7. The number of nitrogens with one attached hydrogen (secondary N) is 1. The topological polar surface area (TPSA) is 72.5 Å². The number of rotatable bonds is 4. The number of halogens is 1. The quantitative estimate of drug-likeness (QED) is 0.864. The normalized spacial score (nSPS) is 12.2. The molecule has 1 rings (SSSR count). The lowest BCUT2D eigenvalue weighted by Crippen LogP contribution is -2.33. The van der Waals surface area contributed by atoms with Crippen LogP contribution in [0.5, 0.6) is 0 Å². The van der Waals surface area contributed by atoms with Crippen molar-refractivity contribution in [1.82, 2.24) is 5.32 Å². The van der Waals surface area contributed by atoms with E-state index in [2.05, 4.69) is 5.32 Å². The molecule has 1 heterocycles. The summed E-state index contributed by atoms with van der Waals surface area (Å²) >= 11 is 1.09. The van der Waals surface area contributed by atoms with E-state index in [1.165, 1.54) is 6.07 Å². The lowest BCUT2D eigenvalue weighted by molar-refractivity contribution is 0.0528. The van der Waals surface area contributed by atoms with Crippen molar-refractivity contribution in [2.45, 2.75) is 37.0 Å². The van der Waals surface area contributed by atoms with Crippen LogP contribution in [0.3, 0.4) is 0 Å². The second-order valence-electron chi connectivity index (χ2n) is 4.84. The third-order valence-electron chi connectivity index (χ3n) is 1.92. The lowest BCUT2D eigenvalue weighted by Gasteiger charge is -2.19. The van der Waals surface area contributed by atoms with Gasteiger partial charge in [0, 0.05) is 22.1 Å². The molecule has 0 aliphatic carbocycles. The molecule has 8 heteroatoms. The number of ether oxygens (including phenoxy) is 1. The van der Waals surface area contributed by atoms with Gasteiger partial charge in [-0.05, 0) is 39.3 Å². The molecule has 1 amide bonds. The number of amides is 1. The molecule has 1 N–H and O–H groups in total. The summed E-state index contributed by atoms with van der Waals surface area (Å²) in [6.07, 6.45) is 0.0327. The van der Waals surface area contributed by atoms with Gasteiger partial charge >= 0.3 is 6.09 Å². The molecule has 0 bridgehead atoms. The molecular formula is C11H16ClNO4S2. The molecule has 0 aliphatic rings. The van der Waals surface area contributed by atoms with Crippen LogP contribution in [-0.2, 0) is 20.2 Å². The molecule has 0 radical (unpaired) electrons. The molecule has 0 aromatic carbocycles. The Morgan fingerprint density at radius 1 is 1.42 bits per heavy atom. The average Bonchev–Trinajstić information content (AvgIpc) is 2.62. The molecule has 0 aliphatic heterocycles. The lowest BCUT2D eigenvalue weighted by atomic mass is 10.2. The maximum Gasteiger partial charge on any atom is 0.407 e. The van der Waals surface area contributed by atoms with E-state index >= 15 is 0 Å². The van der Waals surface area contributed by atoms with Crippen LogP contribution < -0.4 is 5.32 Å². The first kappa shape index (κ1) is 16.3. The third-order valence-corrected chi connectivity index (χ3v) is 5.15. The van der Waals surface area contributed by atoms with Crippen molar-refractivity contribution >= 4 is 37.2 Å². The highest BCUT2D eigenvalue weighted by molar-refractivity contribution is 8.15. The number of carbonyl (C=O) groups is 1.